The number of nitrogens with two attached hydrogens (primary N) is 1. The lowest BCUT2D eigenvalue weighted by Gasteiger charge is -2.30. The summed E-state index contributed by atoms with van der Waals surface area (Å²) in [7, 11) is 1.53. The Bertz CT molecular complexity index is 1290. The van der Waals surface area contributed by atoms with Crippen LogP contribution in [-0.4, -0.2) is 58.4 Å². The maximum atomic E-state index is 12.3. The van der Waals surface area contributed by atoms with E-state index in [1.807, 2.05) is 25.1 Å². The second kappa shape index (κ2) is 10.7. The van der Waals surface area contributed by atoms with Crippen LogP contribution in [0.3, 0.4) is 0 Å². The van der Waals surface area contributed by atoms with Crippen LogP contribution in [-0.2, 0) is 13.0 Å². The van der Waals surface area contributed by atoms with Crippen molar-refractivity contribution in [1.29, 1.82) is 0 Å². The zero-order valence-electron chi connectivity index (χ0n) is 20.3. The lowest BCUT2D eigenvalue weighted by atomic mass is 10.0. The minimum Gasteiger partial charge on any atom is -0.493 e. The molecular formula is C26H30N4O6. The highest BCUT2D eigenvalue weighted by atomic mass is 16.5. The summed E-state index contributed by atoms with van der Waals surface area (Å²) < 4.78 is 11.8. The predicted molar refractivity (Wildman–Crippen MR) is 135 cm³/mol. The van der Waals surface area contributed by atoms with Crippen LogP contribution in [0.25, 0.3) is 10.9 Å². The summed E-state index contributed by atoms with van der Waals surface area (Å²) >= 11 is 0. The van der Waals surface area contributed by atoms with E-state index in [0.29, 0.717) is 60.4 Å². The number of rotatable bonds is 8. The number of primary amides is 1. The van der Waals surface area contributed by atoms with Gasteiger partial charge in [-0.25, -0.2) is 4.79 Å². The van der Waals surface area contributed by atoms with Crippen LogP contribution in [0.4, 0.5) is 16.2 Å². The highest BCUT2D eigenvalue weighted by Crippen LogP contribution is 2.39. The molecule has 2 heterocycles. The fourth-order valence-corrected chi connectivity index (χ4v) is 4.57. The largest absolute Gasteiger partial charge is 0.493 e. The van der Waals surface area contributed by atoms with Gasteiger partial charge in [-0.05, 0) is 29.7 Å². The fourth-order valence-electron chi connectivity index (χ4n) is 4.57. The van der Waals surface area contributed by atoms with E-state index in [9.17, 15) is 19.8 Å². The van der Waals surface area contributed by atoms with E-state index in [0.717, 1.165) is 16.8 Å². The minimum absolute atomic E-state index is 0.0988. The van der Waals surface area contributed by atoms with Gasteiger partial charge < -0.3 is 35.6 Å². The van der Waals surface area contributed by atoms with Gasteiger partial charge in [0.2, 0.25) is 0 Å². The zero-order valence-corrected chi connectivity index (χ0v) is 20.3. The molecule has 2 amide bonds. The van der Waals surface area contributed by atoms with E-state index in [2.05, 4.69) is 10.3 Å². The number of likely N-dealkylation sites (tertiary alicyclic amines) is 1. The number of hydrogen-bond acceptors (Lipinski definition) is 7. The lowest BCUT2D eigenvalue weighted by molar-refractivity contribution is 0.0878. The molecule has 190 valence electrons. The van der Waals surface area contributed by atoms with Crippen molar-refractivity contribution >= 4 is 34.3 Å². The van der Waals surface area contributed by atoms with Crippen LogP contribution in [0.15, 0.2) is 36.5 Å². The molecular weight excluding hydrogens is 464 g/mol. The molecule has 0 spiro atoms. The SMILES string of the molecule is CCc1c(CO)cccc1Nc1c(C(N)=O)cnc2cc(OC3CCN(C(=O)O)CC3)c(OC)cc12. The van der Waals surface area contributed by atoms with Crippen molar-refractivity contribution in [3.63, 3.8) is 0 Å². The van der Waals surface area contributed by atoms with Gasteiger partial charge in [0.05, 0.1) is 30.5 Å². The first-order valence-corrected chi connectivity index (χ1v) is 11.8. The molecule has 0 unspecified atom stereocenters. The lowest BCUT2D eigenvalue weighted by Crippen LogP contribution is -2.41. The Kier molecular flexibility index (Phi) is 7.44. The molecule has 0 aliphatic carbocycles. The number of carbonyl (C=O) groups is 2. The number of fused-ring (bicyclic) bond motifs is 1. The van der Waals surface area contributed by atoms with Gasteiger partial charge in [0.15, 0.2) is 11.5 Å². The highest BCUT2D eigenvalue weighted by Gasteiger charge is 2.25. The number of methoxy groups -OCH3 is 1. The van der Waals surface area contributed by atoms with Crippen molar-refractivity contribution in [3.8, 4) is 11.5 Å². The van der Waals surface area contributed by atoms with Gasteiger partial charge in [0.25, 0.3) is 5.91 Å². The number of benzene rings is 2. The molecule has 1 aromatic heterocycles. The van der Waals surface area contributed by atoms with Crippen molar-refractivity contribution in [2.45, 2.75) is 38.9 Å². The molecule has 0 bridgehead atoms. The van der Waals surface area contributed by atoms with Crippen LogP contribution in [0.5, 0.6) is 11.5 Å². The molecule has 4 rings (SSSR count). The van der Waals surface area contributed by atoms with E-state index < -0.39 is 12.0 Å². The summed E-state index contributed by atoms with van der Waals surface area (Å²) in [6, 6.07) is 9.08. The first-order valence-electron chi connectivity index (χ1n) is 11.8. The molecule has 10 nitrogen and oxygen atoms in total. The Labute approximate surface area is 208 Å². The molecule has 5 N–H and O–H groups in total. The number of carboxylic acid groups (broad SMARTS) is 1. The average molecular weight is 495 g/mol. The summed E-state index contributed by atoms with van der Waals surface area (Å²) in [5, 5.41) is 22.9. The molecule has 1 fully saturated rings. The van der Waals surface area contributed by atoms with Gasteiger partial charge in [-0.3, -0.25) is 9.78 Å². The minimum atomic E-state index is -0.929. The molecule has 1 saturated heterocycles. The third-order valence-electron chi connectivity index (χ3n) is 6.48. The monoisotopic (exact) mass is 494 g/mol. The number of carbonyl (C=O) groups excluding carboxylic acids is 1. The molecule has 1 aliphatic heterocycles. The number of nitrogens with zero attached hydrogens (tertiary/aromatic N) is 2. The van der Waals surface area contributed by atoms with Gasteiger partial charge in [-0.15, -0.1) is 0 Å². The second-order valence-electron chi connectivity index (χ2n) is 8.60. The van der Waals surface area contributed by atoms with E-state index >= 15 is 0 Å². The maximum Gasteiger partial charge on any atom is 0.407 e. The number of ether oxygens (including phenoxy) is 2. The summed E-state index contributed by atoms with van der Waals surface area (Å²) in [4.78, 5) is 29.3. The van der Waals surface area contributed by atoms with Crippen molar-refractivity contribution in [3.05, 3.63) is 53.2 Å². The number of anilines is 2. The van der Waals surface area contributed by atoms with E-state index in [1.54, 1.807) is 12.1 Å². The number of hydrogen-bond donors (Lipinski definition) is 4. The van der Waals surface area contributed by atoms with E-state index in [1.165, 1.54) is 18.2 Å². The number of aromatic nitrogens is 1. The highest BCUT2D eigenvalue weighted by molar-refractivity contribution is 6.08. The molecule has 0 atom stereocenters. The molecule has 2 aromatic carbocycles. The second-order valence-corrected chi connectivity index (χ2v) is 8.60. The number of piperidine rings is 1. The van der Waals surface area contributed by atoms with Crippen LogP contribution in [0, 0.1) is 0 Å². The van der Waals surface area contributed by atoms with Crippen molar-refractivity contribution in [2.75, 3.05) is 25.5 Å². The van der Waals surface area contributed by atoms with E-state index in [4.69, 9.17) is 15.2 Å². The number of pyridine rings is 1. The van der Waals surface area contributed by atoms with E-state index in [-0.39, 0.29) is 18.3 Å². The molecule has 10 heteroatoms. The van der Waals surface area contributed by atoms with Gasteiger partial charge in [0, 0.05) is 49.3 Å². The first kappa shape index (κ1) is 25.1. The van der Waals surface area contributed by atoms with Gasteiger partial charge in [-0.1, -0.05) is 19.1 Å². The topological polar surface area (TPSA) is 147 Å². The van der Waals surface area contributed by atoms with Crippen LogP contribution < -0.4 is 20.5 Å². The van der Waals surface area contributed by atoms with Gasteiger partial charge in [-0.2, -0.15) is 0 Å². The number of aliphatic hydroxyl groups is 1. The normalized spacial score (nSPS) is 14.0. The third kappa shape index (κ3) is 4.99. The molecule has 36 heavy (non-hydrogen) atoms. The van der Waals surface area contributed by atoms with Crippen LogP contribution >= 0.6 is 0 Å². The predicted octanol–water partition coefficient (Wildman–Crippen LogP) is 3.66. The molecule has 0 saturated carbocycles. The fraction of sp³-hybridized carbons (Fsp3) is 0.346. The summed E-state index contributed by atoms with van der Waals surface area (Å²) in [5.74, 6) is 0.308. The van der Waals surface area contributed by atoms with Gasteiger partial charge >= 0.3 is 6.09 Å². The Morgan fingerprint density at radius 1 is 1.22 bits per heavy atom. The van der Waals surface area contributed by atoms with Crippen LogP contribution in [0.1, 0.15) is 41.3 Å². The van der Waals surface area contributed by atoms with Gasteiger partial charge in [0.1, 0.15) is 6.10 Å². The Morgan fingerprint density at radius 2 is 1.97 bits per heavy atom. The quantitative estimate of drug-likeness (QED) is 0.371. The third-order valence-corrected chi connectivity index (χ3v) is 6.48. The standard InChI is InChI=1S/C26H30N4O6/c1-3-17-15(14-31)5-4-6-20(17)29-24-18-11-22(35-2)23(12-21(18)28-13-19(24)25(27)32)36-16-7-9-30(10-8-16)26(33)34/h4-6,11-13,16,31H,3,7-10,14H2,1-2H3,(H2,27,32)(H,28,29)(H,33,34). The smallest absolute Gasteiger partial charge is 0.407 e. The zero-order chi connectivity index (χ0) is 25.8. The Morgan fingerprint density at radius 3 is 2.58 bits per heavy atom. The maximum absolute atomic E-state index is 12.3. The number of amides is 2. The van der Waals surface area contributed by atoms with Crippen molar-refractivity contribution in [1.82, 2.24) is 9.88 Å². The number of aliphatic hydroxyl groups excluding tert-OH is 1. The summed E-state index contributed by atoms with van der Waals surface area (Å²) in [6.45, 7) is 2.69. The molecule has 0 radical (unpaired) electrons. The number of nitrogens with one attached hydrogen (secondary N) is 1. The first-order chi connectivity index (χ1) is 17.4. The van der Waals surface area contributed by atoms with Crippen molar-refractivity contribution in [2.24, 2.45) is 5.73 Å². The average Bonchev–Trinajstić information content (AvgIpc) is 2.88. The van der Waals surface area contributed by atoms with Crippen LogP contribution in [0.2, 0.25) is 0 Å². The summed E-state index contributed by atoms with van der Waals surface area (Å²) in [6.07, 6.45) is 2.14. The van der Waals surface area contributed by atoms with Crippen molar-refractivity contribution < 1.29 is 29.3 Å². The Balaban J connectivity index is 1.74. The molecule has 1 aliphatic rings. The summed E-state index contributed by atoms with van der Waals surface area (Å²) in [5.41, 5.74) is 9.43. The Hall–Kier alpha value is -4.05. The molecule has 3 aromatic rings.